The summed E-state index contributed by atoms with van der Waals surface area (Å²) in [4.78, 5) is 34.0. The van der Waals surface area contributed by atoms with Gasteiger partial charge in [0.05, 0.1) is 17.2 Å². The van der Waals surface area contributed by atoms with Crippen molar-refractivity contribution in [2.45, 2.75) is 75.8 Å². The molecule has 1 spiro atoms. The van der Waals surface area contributed by atoms with Crippen molar-refractivity contribution in [2.75, 3.05) is 5.32 Å². The van der Waals surface area contributed by atoms with Crippen molar-refractivity contribution in [3.8, 4) is 0 Å². The highest BCUT2D eigenvalue weighted by Gasteiger charge is 2.57. The second kappa shape index (κ2) is 7.24. The first-order valence-corrected chi connectivity index (χ1v) is 11.6. The number of fused-ring (bicyclic) bond motifs is 1. The zero-order valence-electron chi connectivity index (χ0n) is 16.8. The van der Waals surface area contributed by atoms with Crippen molar-refractivity contribution >= 4 is 28.3 Å². The Morgan fingerprint density at radius 2 is 1.90 bits per heavy atom. The Balaban J connectivity index is 1.62. The lowest BCUT2D eigenvalue weighted by atomic mass is 9.70. The van der Waals surface area contributed by atoms with Crippen molar-refractivity contribution < 1.29 is 9.59 Å². The summed E-state index contributed by atoms with van der Waals surface area (Å²) in [5.41, 5.74) is 2.09. The fraction of sp³-hybridized carbons (Fsp3) is 0.522. The zero-order valence-corrected chi connectivity index (χ0v) is 17.6. The first-order chi connectivity index (χ1) is 14.1. The molecule has 0 unspecified atom stereocenters. The van der Waals surface area contributed by atoms with Gasteiger partial charge in [-0.1, -0.05) is 43.9 Å². The Labute approximate surface area is 175 Å². The van der Waals surface area contributed by atoms with E-state index in [4.69, 9.17) is 0 Å². The largest absolute Gasteiger partial charge is 0.329 e. The van der Waals surface area contributed by atoms with Gasteiger partial charge in [0.25, 0.3) is 5.91 Å². The van der Waals surface area contributed by atoms with E-state index in [-0.39, 0.29) is 23.8 Å². The van der Waals surface area contributed by atoms with Crippen LogP contribution in [0.1, 0.15) is 78.9 Å². The maximum absolute atomic E-state index is 13.7. The molecule has 6 heteroatoms. The number of hydrogen-bond donors (Lipinski definition) is 1. The fourth-order valence-electron chi connectivity index (χ4n) is 5.89. The number of amides is 2. The van der Waals surface area contributed by atoms with Crippen LogP contribution < -0.4 is 5.32 Å². The van der Waals surface area contributed by atoms with Crippen LogP contribution in [-0.2, 0) is 4.79 Å². The number of carbonyl (C=O) groups excluding carboxylic acids is 2. The van der Waals surface area contributed by atoms with Gasteiger partial charge in [-0.2, -0.15) is 0 Å². The third kappa shape index (κ3) is 3.00. The standard InChI is InChI=1S/C23H27N3O2S/c1-15-14-29-22(24-15)25-20(27)19-17-10-4-5-11-18(17)21(28)26(16-8-2-3-9-16)23(19)12-6-7-13-23/h4-5,10-11,14,16,19H,2-3,6-9,12-13H2,1H3,(H,24,25,27)/t19-/m1/s1. The van der Waals surface area contributed by atoms with Gasteiger partial charge >= 0.3 is 0 Å². The number of benzene rings is 1. The lowest BCUT2D eigenvalue weighted by Crippen LogP contribution is -2.62. The van der Waals surface area contributed by atoms with Gasteiger partial charge in [-0.25, -0.2) is 4.98 Å². The van der Waals surface area contributed by atoms with Crippen molar-refractivity contribution in [1.82, 2.24) is 9.88 Å². The van der Waals surface area contributed by atoms with Crippen LogP contribution in [0.15, 0.2) is 29.6 Å². The summed E-state index contributed by atoms with van der Waals surface area (Å²) in [5.74, 6) is -0.239. The Bertz CT molecular complexity index is 941. The number of nitrogens with zero attached hydrogens (tertiary/aromatic N) is 2. The molecule has 1 atom stereocenters. The number of thiazole rings is 1. The summed E-state index contributed by atoms with van der Waals surface area (Å²) in [7, 11) is 0. The van der Waals surface area contributed by atoms with Crippen molar-refractivity contribution in [2.24, 2.45) is 0 Å². The van der Waals surface area contributed by atoms with Crippen LogP contribution in [0.5, 0.6) is 0 Å². The highest BCUT2D eigenvalue weighted by Crippen LogP contribution is 2.52. The van der Waals surface area contributed by atoms with Crippen molar-refractivity contribution in [3.05, 3.63) is 46.5 Å². The summed E-state index contributed by atoms with van der Waals surface area (Å²) >= 11 is 1.46. The van der Waals surface area contributed by atoms with Gasteiger partial charge in [0.2, 0.25) is 5.91 Å². The van der Waals surface area contributed by atoms with Crippen LogP contribution in [0.4, 0.5) is 5.13 Å². The second-order valence-corrected chi connectivity index (χ2v) is 9.59. The van der Waals surface area contributed by atoms with Gasteiger partial charge in [0.15, 0.2) is 5.13 Å². The predicted molar refractivity (Wildman–Crippen MR) is 114 cm³/mol. The van der Waals surface area contributed by atoms with E-state index in [2.05, 4.69) is 15.2 Å². The second-order valence-electron chi connectivity index (χ2n) is 8.73. The van der Waals surface area contributed by atoms with Gasteiger partial charge in [-0.3, -0.25) is 9.59 Å². The monoisotopic (exact) mass is 409 g/mol. The lowest BCUT2D eigenvalue weighted by molar-refractivity contribution is -0.121. The molecule has 2 saturated carbocycles. The van der Waals surface area contributed by atoms with Crippen LogP contribution in [0.2, 0.25) is 0 Å². The molecule has 29 heavy (non-hydrogen) atoms. The molecule has 0 bridgehead atoms. The molecule has 2 aliphatic carbocycles. The molecule has 1 aliphatic heterocycles. The average Bonchev–Trinajstić information content (AvgIpc) is 3.46. The topological polar surface area (TPSA) is 62.3 Å². The Hall–Kier alpha value is -2.21. The smallest absolute Gasteiger partial charge is 0.254 e. The number of nitrogens with one attached hydrogen (secondary N) is 1. The molecule has 1 aromatic carbocycles. The molecule has 152 valence electrons. The van der Waals surface area contributed by atoms with Gasteiger partial charge in [-0.05, 0) is 44.2 Å². The molecule has 2 amide bonds. The van der Waals surface area contributed by atoms with E-state index in [1.54, 1.807) is 0 Å². The van der Waals surface area contributed by atoms with Crippen molar-refractivity contribution in [1.29, 1.82) is 0 Å². The summed E-state index contributed by atoms with van der Waals surface area (Å²) in [6.45, 7) is 1.93. The van der Waals surface area contributed by atoms with E-state index in [0.29, 0.717) is 10.7 Å². The maximum Gasteiger partial charge on any atom is 0.254 e. The minimum Gasteiger partial charge on any atom is -0.329 e. The number of rotatable bonds is 3. The number of hydrogen-bond acceptors (Lipinski definition) is 4. The molecule has 1 aromatic heterocycles. The van der Waals surface area contributed by atoms with Gasteiger partial charge in [0, 0.05) is 17.0 Å². The Kier molecular flexibility index (Phi) is 4.69. The highest BCUT2D eigenvalue weighted by atomic mass is 32.1. The lowest BCUT2D eigenvalue weighted by Gasteiger charge is -2.52. The van der Waals surface area contributed by atoms with Gasteiger partial charge < -0.3 is 10.2 Å². The molecule has 0 radical (unpaired) electrons. The molecule has 2 aromatic rings. The van der Waals surface area contributed by atoms with Crippen LogP contribution >= 0.6 is 11.3 Å². The predicted octanol–water partition coefficient (Wildman–Crippen LogP) is 4.89. The normalized spacial score (nSPS) is 23.6. The maximum atomic E-state index is 13.7. The fourth-order valence-corrected chi connectivity index (χ4v) is 6.58. The van der Waals surface area contributed by atoms with Gasteiger partial charge in [-0.15, -0.1) is 11.3 Å². The van der Waals surface area contributed by atoms with Crippen LogP contribution in [-0.4, -0.2) is 33.3 Å². The number of anilines is 1. The summed E-state index contributed by atoms with van der Waals surface area (Å²) in [5, 5.41) is 5.67. The molecule has 0 saturated heterocycles. The Morgan fingerprint density at radius 1 is 1.17 bits per heavy atom. The van der Waals surface area contributed by atoms with E-state index in [1.807, 2.05) is 36.6 Å². The van der Waals surface area contributed by atoms with Crippen molar-refractivity contribution in [3.63, 3.8) is 0 Å². The third-order valence-electron chi connectivity index (χ3n) is 7.01. The molecular weight excluding hydrogens is 382 g/mol. The average molecular weight is 410 g/mol. The molecule has 2 heterocycles. The summed E-state index contributed by atoms with van der Waals surface area (Å²) in [6.07, 6.45) is 8.38. The van der Waals surface area contributed by atoms with E-state index < -0.39 is 5.54 Å². The Morgan fingerprint density at radius 3 is 2.59 bits per heavy atom. The minimum absolute atomic E-state index is 0.0239. The van der Waals surface area contributed by atoms with E-state index in [0.717, 1.165) is 49.8 Å². The first kappa shape index (κ1) is 18.8. The molecule has 5 nitrogen and oxygen atoms in total. The molecular formula is C23H27N3O2S. The van der Waals surface area contributed by atoms with E-state index in [9.17, 15) is 9.59 Å². The number of aromatic nitrogens is 1. The zero-order chi connectivity index (χ0) is 20.0. The van der Waals surface area contributed by atoms with E-state index >= 15 is 0 Å². The molecule has 2 fully saturated rings. The summed E-state index contributed by atoms with van der Waals surface area (Å²) < 4.78 is 0. The molecule has 1 N–H and O–H groups in total. The SMILES string of the molecule is Cc1csc(NC(=O)[C@H]2c3ccccc3C(=O)N(C3CCCC3)C23CCCC3)n1. The summed E-state index contributed by atoms with van der Waals surface area (Å²) in [6, 6.07) is 8.00. The van der Waals surface area contributed by atoms with E-state index in [1.165, 1.54) is 24.2 Å². The molecule has 3 aliphatic rings. The van der Waals surface area contributed by atoms with Crippen LogP contribution in [0.3, 0.4) is 0 Å². The highest BCUT2D eigenvalue weighted by molar-refractivity contribution is 7.13. The number of aryl methyl sites for hydroxylation is 1. The van der Waals surface area contributed by atoms with Crippen LogP contribution in [0, 0.1) is 6.92 Å². The number of carbonyl (C=O) groups is 2. The minimum atomic E-state index is -0.406. The van der Waals surface area contributed by atoms with Gasteiger partial charge in [0.1, 0.15) is 0 Å². The first-order valence-electron chi connectivity index (χ1n) is 10.8. The third-order valence-corrected chi connectivity index (χ3v) is 7.88. The van der Waals surface area contributed by atoms with Crippen LogP contribution in [0.25, 0.3) is 0 Å². The quantitative estimate of drug-likeness (QED) is 0.785. The molecule has 5 rings (SSSR count).